The lowest BCUT2D eigenvalue weighted by molar-refractivity contribution is 0.0120. The average molecular weight is 413 g/mol. The molecule has 0 fully saturated rings. The molecule has 2 aromatic carbocycles. The van der Waals surface area contributed by atoms with Gasteiger partial charge in [0.05, 0.1) is 12.2 Å². The Morgan fingerprint density at radius 1 is 0.966 bits per heavy atom. The molecular formula is C25H36O3Si. The van der Waals surface area contributed by atoms with Crippen molar-refractivity contribution in [3.8, 4) is 0 Å². The second kappa shape index (κ2) is 10.3. The summed E-state index contributed by atoms with van der Waals surface area (Å²) in [7, 11) is -2.68. The number of aliphatic hydroxyl groups is 2. The molecule has 0 aliphatic carbocycles. The lowest BCUT2D eigenvalue weighted by Gasteiger charge is -2.45. The molecule has 0 saturated heterocycles. The first-order valence-electron chi connectivity index (χ1n) is 10.5. The van der Waals surface area contributed by atoms with Gasteiger partial charge < -0.3 is 14.6 Å². The van der Waals surface area contributed by atoms with Crippen LogP contribution in [0.2, 0.25) is 5.04 Å². The summed E-state index contributed by atoms with van der Waals surface area (Å²) in [4.78, 5) is 0. The SMILES string of the molecule is C=C[C@H](O)[C@@H](O)C[C@@H](CCC)O[Si](c1ccccc1)(c1ccccc1)C(C)(C)C. The van der Waals surface area contributed by atoms with Gasteiger partial charge in [0.1, 0.15) is 0 Å². The van der Waals surface area contributed by atoms with Crippen molar-refractivity contribution in [3.05, 3.63) is 73.3 Å². The topological polar surface area (TPSA) is 49.7 Å². The Balaban J connectivity index is 2.58. The van der Waals surface area contributed by atoms with E-state index >= 15 is 0 Å². The quantitative estimate of drug-likeness (QED) is 0.458. The maximum absolute atomic E-state index is 10.5. The molecule has 0 bridgehead atoms. The molecule has 2 rings (SSSR count). The Kier molecular flexibility index (Phi) is 8.41. The van der Waals surface area contributed by atoms with Crippen molar-refractivity contribution in [2.75, 3.05) is 0 Å². The highest BCUT2D eigenvalue weighted by molar-refractivity contribution is 6.99. The highest BCUT2D eigenvalue weighted by Gasteiger charge is 2.51. The van der Waals surface area contributed by atoms with Gasteiger partial charge in [-0.2, -0.15) is 0 Å². The van der Waals surface area contributed by atoms with Gasteiger partial charge in [0, 0.05) is 12.5 Å². The van der Waals surface area contributed by atoms with Crippen LogP contribution in [0.3, 0.4) is 0 Å². The molecule has 0 unspecified atom stereocenters. The van der Waals surface area contributed by atoms with Crippen molar-refractivity contribution >= 4 is 18.7 Å². The molecule has 0 radical (unpaired) electrons. The van der Waals surface area contributed by atoms with Gasteiger partial charge in [-0.1, -0.05) is 101 Å². The molecule has 0 aromatic heterocycles. The highest BCUT2D eigenvalue weighted by atomic mass is 28.4. The van der Waals surface area contributed by atoms with E-state index in [0.29, 0.717) is 6.42 Å². The number of hydrogen-bond donors (Lipinski definition) is 2. The third kappa shape index (κ3) is 5.46. The smallest absolute Gasteiger partial charge is 0.261 e. The second-order valence-corrected chi connectivity index (χ2v) is 13.0. The first-order chi connectivity index (χ1) is 13.8. The molecule has 0 spiro atoms. The molecule has 0 amide bonds. The summed E-state index contributed by atoms with van der Waals surface area (Å²) in [5, 5.41) is 22.8. The lowest BCUT2D eigenvalue weighted by atomic mass is 10.0. The Bertz CT molecular complexity index is 700. The van der Waals surface area contributed by atoms with Crippen LogP contribution in [0.4, 0.5) is 0 Å². The van der Waals surface area contributed by atoms with Crippen LogP contribution in [0.15, 0.2) is 73.3 Å². The molecule has 0 aliphatic heterocycles. The zero-order chi connectivity index (χ0) is 21.5. The van der Waals surface area contributed by atoms with E-state index in [1.165, 1.54) is 16.4 Å². The minimum atomic E-state index is -2.68. The zero-order valence-corrected chi connectivity index (χ0v) is 19.2. The Labute approximate surface area is 177 Å². The Hall–Kier alpha value is -1.72. The third-order valence-electron chi connectivity index (χ3n) is 5.51. The molecule has 0 saturated carbocycles. The van der Waals surface area contributed by atoms with Crippen molar-refractivity contribution in [2.45, 2.75) is 70.3 Å². The summed E-state index contributed by atoms with van der Waals surface area (Å²) >= 11 is 0. The Morgan fingerprint density at radius 3 is 1.83 bits per heavy atom. The molecule has 2 N–H and O–H groups in total. The molecule has 3 nitrogen and oxygen atoms in total. The van der Waals surface area contributed by atoms with Gasteiger partial charge in [-0.3, -0.25) is 0 Å². The van der Waals surface area contributed by atoms with Gasteiger partial charge in [0.2, 0.25) is 0 Å². The van der Waals surface area contributed by atoms with Gasteiger partial charge in [0.15, 0.2) is 0 Å². The standard InChI is InChI=1S/C25H36O3Si/c1-6-14-20(19-24(27)23(26)7-2)28-29(25(3,4)5,21-15-10-8-11-16-21)22-17-12-9-13-18-22/h7-13,15-18,20,23-24,26-27H,2,6,14,19H2,1,3-5H3/t20-,23+,24+/m1/s1. The van der Waals surface area contributed by atoms with Crippen LogP contribution >= 0.6 is 0 Å². The fraction of sp³-hybridized carbons (Fsp3) is 0.440. The highest BCUT2D eigenvalue weighted by Crippen LogP contribution is 2.38. The molecular weight excluding hydrogens is 376 g/mol. The third-order valence-corrected chi connectivity index (χ3v) is 10.6. The van der Waals surface area contributed by atoms with E-state index in [1.807, 2.05) is 12.1 Å². The second-order valence-electron chi connectivity index (χ2n) is 8.72. The summed E-state index contributed by atoms with van der Waals surface area (Å²) in [5.41, 5.74) is 0. The number of aliphatic hydroxyl groups excluding tert-OH is 2. The van der Waals surface area contributed by atoms with Crippen molar-refractivity contribution in [3.63, 3.8) is 0 Å². The van der Waals surface area contributed by atoms with Gasteiger partial charge in [-0.25, -0.2) is 0 Å². The van der Waals surface area contributed by atoms with E-state index < -0.39 is 20.5 Å². The number of benzene rings is 2. The predicted octanol–water partition coefficient (Wildman–Crippen LogP) is 4.03. The van der Waals surface area contributed by atoms with E-state index in [0.717, 1.165) is 12.8 Å². The number of rotatable bonds is 10. The van der Waals surface area contributed by atoms with Gasteiger partial charge in [0.25, 0.3) is 8.32 Å². The van der Waals surface area contributed by atoms with Crippen LogP contribution in [0.5, 0.6) is 0 Å². The largest absolute Gasteiger partial charge is 0.404 e. The van der Waals surface area contributed by atoms with E-state index in [-0.39, 0.29) is 11.1 Å². The van der Waals surface area contributed by atoms with Crippen molar-refractivity contribution in [1.82, 2.24) is 0 Å². The maximum Gasteiger partial charge on any atom is 0.261 e. The molecule has 0 aliphatic rings. The fourth-order valence-electron chi connectivity index (χ4n) is 4.05. The number of hydrogen-bond acceptors (Lipinski definition) is 3. The summed E-state index contributed by atoms with van der Waals surface area (Å²) in [6.45, 7) is 12.5. The van der Waals surface area contributed by atoms with Gasteiger partial charge in [-0.05, 0) is 21.8 Å². The minimum absolute atomic E-state index is 0.121. The molecule has 29 heavy (non-hydrogen) atoms. The fourth-order valence-corrected chi connectivity index (χ4v) is 8.78. The monoisotopic (exact) mass is 412 g/mol. The summed E-state index contributed by atoms with van der Waals surface area (Å²) in [5.74, 6) is 0. The first-order valence-corrected chi connectivity index (χ1v) is 12.4. The molecule has 0 heterocycles. The normalized spacial score (nSPS) is 15.5. The van der Waals surface area contributed by atoms with E-state index in [1.54, 1.807) is 0 Å². The van der Waals surface area contributed by atoms with E-state index in [4.69, 9.17) is 4.43 Å². The van der Waals surface area contributed by atoms with E-state index in [9.17, 15) is 10.2 Å². The van der Waals surface area contributed by atoms with Crippen molar-refractivity contribution in [1.29, 1.82) is 0 Å². The van der Waals surface area contributed by atoms with Crippen LogP contribution in [0, 0.1) is 0 Å². The average Bonchev–Trinajstić information content (AvgIpc) is 2.71. The van der Waals surface area contributed by atoms with Crippen LogP contribution in [-0.2, 0) is 4.43 Å². The van der Waals surface area contributed by atoms with E-state index in [2.05, 4.69) is 82.8 Å². The predicted molar refractivity (Wildman–Crippen MR) is 124 cm³/mol. The molecule has 2 aromatic rings. The minimum Gasteiger partial charge on any atom is -0.404 e. The first kappa shape index (κ1) is 23.6. The summed E-state index contributed by atoms with van der Waals surface area (Å²) < 4.78 is 7.11. The molecule has 3 atom stereocenters. The zero-order valence-electron chi connectivity index (χ0n) is 18.2. The maximum atomic E-state index is 10.5. The molecule has 4 heteroatoms. The van der Waals surface area contributed by atoms with Crippen LogP contribution in [-0.4, -0.2) is 36.8 Å². The Morgan fingerprint density at radius 2 is 1.45 bits per heavy atom. The summed E-state index contributed by atoms with van der Waals surface area (Å²) in [6.07, 6.45) is 1.54. The summed E-state index contributed by atoms with van der Waals surface area (Å²) in [6, 6.07) is 21.0. The lowest BCUT2D eigenvalue weighted by Crippen LogP contribution is -2.67. The van der Waals surface area contributed by atoms with Crippen molar-refractivity contribution < 1.29 is 14.6 Å². The molecule has 158 valence electrons. The van der Waals surface area contributed by atoms with Crippen LogP contribution in [0.1, 0.15) is 47.0 Å². The van der Waals surface area contributed by atoms with Gasteiger partial charge in [-0.15, -0.1) is 6.58 Å². The van der Waals surface area contributed by atoms with Crippen LogP contribution in [0.25, 0.3) is 0 Å². The van der Waals surface area contributed by atoms with Crippen molar-refractivity contribution in [2.24, 2.45) is 0 Å². The van der Waals surface area contributed by atoms with Crippen LogP contribution < -0.4 is 10.4 Å². The van der Waals surface area contributed by atoms with Gasteiger partial charge >= 0.3 is 0 Å².